The number of para-hydroxylation sites is 2. The summed E-state index contributed by atoms with van der Waals surface area (Å²) in [6, 6.07) is 24.4. The Hall–Kier alpha value is -3.62. The topological polar surface area (TPSA) is 92.9 Å². The average molecular weight is 488 g/mol. The quantitative estimate of drug-likeness (QED) is 0.531. The monoisotopic (exact) mass is 487 g/mol. The second-order valence-corrected chi connectivity index (χ2v) is 9.78. The van der Waals surface area contributed by atoms with Crippen LogP contribution in [0.2, 0.25) is 0 Å². The van der Waals surface area contributed by atoms with Gasteiger partial charge in [-0.3, -0.25) is 19.4 Å². The Morgan fingerprint density at radius 3 is 2.09 bits per heavy atom. The van der Waals surface area contributed by atoms with Crippen LogP contribution in [-0.2, 0) is 14.3 Å². The normalized spacial score (nSPS) is 19.0. The van der Waals surface area contributed by atoms with Gasteiger partial charge in [0, 0.05) is 35.2 Å². The molecule has 8 heteroatoms. The number of primary amides is 1. The summed E-state index contributed by atoms with van der Waals surface area (Å²) in [5, 5.41) is 0. The summed E-state index contributed by atoms with van der Waals surface area (Å²) in [6.07, 6.45) is -0.441. The highest BCUT2D eigenvalue weighted by Gasteiger charge is 2.38. The van der Waals surface area contributed by atoms with Crippen molar-refractivity contribution in [1.29, 1.82) is 0 Å². The number of hydrogen-bond acceptors (Lipinski definition) is 6. The molecule has 2 atom stereocenters. The molecular weight excluding hydrogens is 462 g/mol. The Balaban J connectivity index is 1.34. The van der Waals surface area contributed by atoms with Crippen molar-refractivity contribution in [3.8, 4) is 0 Å². The first-order valence-electron chi connectivity index (χ1n) is 11.4. The number of carbonyl (C=O) groups excluding carboxylic acids is 3. The molecule has 7 nitrogen and oxygen atoms in total. The van der Waals surface area contributed by atoms with Crippen molar-refractivity contribution in [2.24, 2.45) is 11.7 Å². The van der Waals surface area contributed by atoms with E-state index in [0.717, 1.165) is 21.2 Å². The van der Waals surface area contributed by atoms with E-state index in [1.165, 1.54) is 0 Å². The van der Waals surface area contributed by atoms with Crippen molar-refractivity contribution in [3.63, 3.8) is 0 Å². The van der Waals surface area contributed by atoms with Crippen molar-refractivity contribution in [2.45, 2.75) is 22.3 Å². The Bertz CT molecular complexity index is 1220. The number of nitrogens with two attached hydrogens (primary N) is 1. The minimum absolute atomic E-state index is 0.0851. The Morgan fingerprint density at radius 2 is 1.46 bits per heavy atom. The van der Waals surface area contributed by atoms with E-state index in [1.807, 2.05) is 59.5 Å². The van der Waals surface area contributed by atoms with Gasteiger partial charge in [-0.2, -0.15) is 0 Å². The predicted octanol–water partition coefficient (Wildman–Crippen LogP) is 3.85. The highest BCUT2D eigenvalue weighted by molar-refractivity contribution is 7.99. The fraction of sp³-hybridized carbons (Fsp3) is 0.222. The van der Waals surface area contributed by atoms with Crippen LogP contribution < -0.4 is 10.6 Å². The number of anilines is 2. The highest BCUT2D eigenvalue weighted by atomic mass is 32.2. The lowest BCUT2D eigenvalue weighted by atomic mass is 10.0. The minimum Gasteiger partial charge on any atom is -0.457 e. The number of ether oxygens (including phenoxy) is 1. The molecule has 2 aliphatic rings. The van der Waals surface area contributed by atoms with E-state index in [0.29, 0.717) is 18.7 Å². The van der Waals surface area contributed by atoms with Crippen LogP contribution in [0.25, 0.3) is 0 Å². The fourth-order valence-electron chi connectivity index (χ4n) is 4.66. The molecule has 0 bridgehead atoms. The summed E-state index contributed by atoms with van der Waals surface area (Å²) in [4.78, 5) is 43.7. The maximum atomic E-state index is 13.6. The molecule has 2 heterocycles. The molecule has 0 spiro atoms. The van der Waals surface area contributed by atoms with Gasteiger partial charge in [0.05, 0.1) is 23.5 Å². The van der Waals surface area contributed by atoms with E-state index in [2.05, 4.69) is 0 Å². The largest absolute Gasteiger partial charge is 0.457 e. The summed E-state index contributed by atoms with van der Waals surface area (Å²) in [5.41, 5.74) is 7.61. The predicted molar refractivity (Wildman–Crippen MR) is 134 cm³/mol. The molecule has 2 aliphatic heterocycles. The van der Waals surface area contributed by atoms with E-state index >= 15 is 0 Å². The van der Waals surface area contributed by atoms with Gasteiger partial charge in [-0.05, 0) is 36.4 Å². The number of fused-ring (bicyclic) bond motifs is 2. The number of hydrogen-bond donors (Lipinski definition) is 1. The SMILES string of the molecule is NC(=O)C[C@H]1CN(CC(=O)N2c3ccccc3Sc3ccccc32)C[C@H]1OC(=O)c1ccccc1. The van der Waals surface area contributed by atoms with E-state index in [1.54, 1.807) is 40.9 Å². The Kier molecular flexibility index (Phi) is 6.57. The molecule has 0 radical (unpaired) electrons. The zero-order valence-electron chi connectivity index (χ0n) is 19.0. The highest BCUT2D eigenvalue weighted by Crippen LogP contribution is 2.47. The first kappa shape index (κ1) is 23.1. The second kappa shape index (κ2) is 9.93. The number of rotatable bonds is 6. The maximum absolute atomic E-state index is 13.6. The molecule has 3 aromatic rings. The van der Waals surface area contributed by atoms with Crippen LogP contribution in [0.1, 0.15) is 16.8 Å². The third kappa shape index (κ3) is 4.94. The molecule has 5 rings (SSSR count). The van der Waals surface area contributed by atoms with Crippen LogP contribution in [0.5, 0.6) is 0 Å². The zero-order chi connectivity index (χ0) is 24.4. The number of benzene rings is 3. The van der Waals surface area contributed by atoms with Crippen molar-refractivity contribution in [1.82, 2.24) is 4.90 Å². The summed E-state index contributed by atoms with van der Waals surface area (Å²) in [6.45, 7) is 0.920. The Labute approximate surface area is 207 Å². The zero-order valence-corrected chi connectivity index (χ0v) is 19.8. The third-order valence-electron chi connectivity index (χ3n) is 6.23. The van der Waals surface area contributed by atoms with E-state index in [4.69, 9.17) is 10.5 Å². The van der Waals surface area contributed by atoms with Crippen LogP contribution in [0.15, 0.2) is 88.7 Å². The number of amides is 2. The molecule has 0 aliphatic carbocycles. The molecule has 2 N–H and O–H groups in total. The number of esters is 1. The molecule has 1 fully saturated rings. The molecule has 35 heavy (non-hydrogen) atoms. The van der Waals surface area contributed by atoms with Crippen LogP contribution in [0.4, 0.5) is 11.4 Å². The van der Waals surface area contributed by atoms with Gasteiger partial charge < -0.3 is 10.5 Å². The van der Waals surface area contributed by atoms with E-state index in [9.17, 15) is 14.4 Å². The van der Waals surface area contributed by atoms with Crippen molar-refractivity contribution in [2.75, 3.05) is 24.5 Å². The molecule has 2 amide bonds. The van der Waals surface area contributed by atoms with Gasteiger partial charge in [-0.1, -0.05) is 54.2 Å². The van der Waals surface area contributed by atoms with Gasteiger partial charge in [0.1, 0.15) is 6.10 Å². The van der Waals surface area contributed by atoms with Crippen LogP contribution in [-0.4, -0.2) is 48.4 Å². The number of nitrogens with zero attached hydrogens (tertiary/aromatic N) is 2. The van der Waals surface area contributed by atoms with Crippen molar-refractivity contribution < 1.29 is 19.1 Å². The summed E-state index contributed by atoms with van der Waals surface area (Å²) < 4.78 is 5.76. The first-order chi connectivity index (χ1) is 17.0. The molecule has 1 saturated heterocycles. The third-order valence-corrected chi connectivity index (χ3v) is 7.36. The van der Waals surface area contributed by atoms with Gasteiger partial charge >= 0.3 is 5.97 Å². The van der Waals surface area contributed by atoms with E-state index < -0.39 is 18.0 Å². The maximum Gasteiger partial charge on any atom is 0.338 e. The smallest absolute Gasteiger partial charge is 0.338 e. The molecule has 3 aromatic carbocycles. The van der Waals surface area contributed by atoms with Gasteiger partial charge in [0.25, 0.3) is 0 Å². The minimum atomic E-state index is -0.528. The van der Waals surface area contributed by atoms with Crippen LogP contribution in [0, 0.1) is 5.92 Å². The van der Waals surface area contributed by atoms with Crippen molar-refractivity contribution in [3.05, 3.63) is 84.4 Å². The lowest BCUT2D eigenvalue weighted by Crippen LogP contribution is -2.38. The molecular formula is C27H25N3O4S. The standard InChI is InChI=1S/C27H25N3O4S/c28-25(31)14-19-15-29(16-22(19)34-27(33)18-8-2-1-3-9-18)17-26(32)30-20-10-4-6-12-23(20)35-24-13-7-5-11-21(24)30/h1-13,19,22H,14-17H2,(H2,28,31)/t19-,22+/m0/s1. The van der Waals surface area contributed by atoms with Crippen LogP contribution >= 0.6 is 11.8 Å². The summed E-state index contributed by atoms with van der Waals surface area (Å²) in [5.74, 6) is -1.27. The van der Waals surface area contributed by atoms with E-state index in [-0.39, 0.29) is 24.8 Å². The molecule has 0 unspecified atom stereocenters. The number of likely N-dealkylation sites (tertiary alicyclic amines) is 1. The lowest BCUT2D eigenvalue weighted by molar-refractivity contribution is -0.119. The summed E-state index contributed by atoms with van der Waals surface area (Å²) in [7, 11) is 0. The first-order valence-corrected chi connectivity index (χ1v) is 12.3. The average Bonchev–Trinajstić information content (AvgIpc) is 3.22. The van der Waals surface area contributed by atoms with Crippen LogP contribution in [0.3, 0.4) is 0 Å². The van der Waals surface area contributed by atoms with Crippen molar-refractivity contribution >= 4 is 40.9 Å². The molecule has 0 saturated carbocycles. The molecule has 0 aromatic heterocycles. The fourth-order valence-corrected chi connectivity index (χ4v) is 5.72. The lowest BCUT2D eigenvalue weighted by Gasteiger charge is -2.32. The summed E-state index contributed by atoms with van der Waals surface area (Å²) >= 11 is 1.64. The van der Waals surface area contributed by atoms with Gasteiger partial charge in [0.15, 0.2) is 0 Å². The number of carbonyl (C=O) groups is 3. The Morgan fingerprint density at radius 1 is 0.857 bits per heavy atom. The molecule has 178 valence electrons. The van der Waals surface area contributed by atoms with Gasteiger partial charge in [-0.25, -0.2) is 4.79 Å². The second-order valence-electron chi connectivity index (χ2n) is 8.70. The van der Waals surface area contributed by atoms with Gasteiger partial charge in [-0.15, -0.1) is 0 Å². The van der Waals surface area contributed by atoms with Gasteiger partial charge in [0.2, 0.25) is 11.8 Å².